The molecule has 2 unspecified atom stereocenters. The predicted molar refractivity (Wildman–Crippen MR) is 71.8 cm³/mol. The van der Waals surface area contributed by atoms with Gasteiger partial charge in [-0.1, -0.05) is 40.2 Å². The maximum atomic E-state index is 11.9. The number of rotatable bonds is 1. The molecule has 2 atom stereocenters. The standard InChI is InChI=1S/C16H26O/c1-10(17)12-8-7-9-13-14(12)16(5,6)11(2)15(13,3)4/h11,13H,7-9H2,1-6H3. The fourth-order valence-electron chi connectivity index (χ4n) is 4.38. The molecule has 2 aliphatic carbocycles. The van der Waals surface area contributed by atoms with Crippen molar-refractivity contribution in [2.45, 2.75) is 60.8 Å². The van der Waals surface area contributed by atoms with Crippen LogP contribution >= 0.6 is 0 Å². The molecule has 1 nitrogen and oxygen atoms in total. The van der Waals surface area contributed by atoms with Gasteiger partial charge in [-0.2, -0.15) is 0 Å². The third kappa shape index (κ3) is 1.62. The summed E-state index contributed by atoms with van der Waals surface area (Å²) < 4.78 is 0. The first-order valence-electron chi connectivity index (χ1n) is 6.95. The molecule has 96 valence electrons. The van der Waals surface area contributed by atoms with Crippen molar-refractivity contribution in [2.75, 3.05) is 0 Å². The van der Waals surface area contributed by atoms with Crippen molar-refractivity contribution in [3.63, 3.8) is 0 Å². The van der Waals surface area contributed by atoms with E-state index in [1.54, 1.807) is 6.92 Å². The molecule has 17 heavy (non-hydrogen) atoms. The highest BCUT2D eigenvalue weighted by molar-refractivity contribution is 5.94. The van der Waals surface area contributed by atoms with Gasteiger partial charge in [-0.15, -0.1) is 0 Å². The van der Waals surface area contributed by atoms with E-state index in [0.29, 0.717) is 23.0 Å². The largest absolute Gasteiger partial charge is 0.295 e. The van der Waals surface area contributed by atoms with E-state index in [1.165, 1.54) is 18.4 Å². The summed E-state index contributed by atoms with van der Waals surface area (Å²) in [5.74, 6) is 1.57. The molecule has 0 N–H and O–H groups in total. The average Bonchev–Trinajstić information content (AvgIpc) is 2.38. The van der Waals surface area contributed by atoms with Crippen molar-refractivity contribution in [1.82, 2.24) is 0 Å². The summed E-state index contributed by atoms with van der Waals surface area (Å²) in [5.41, 5.74) is 3.17. The van der Waals surface area contributed by atoms with Crippen LogP contribution < -0.4 is 0 Å². The van der Waals surface area contributed by atoms with E-state index in [0.717, 1.165) is 12.0 Å². The Morgan fingerprint density at radius 3 is 2.35 bits per heavy atom. The van der Waals surface area contributed by atoms with Gasteiger partial charge in [0.25, 0.3) is 0 Å². The second kappa shape index (κ2) is 3.70. The Balaban J connectivity index is 2.63. The number of hydrogen-bond acceptors (Lipinski definition) is 1. The number of ketones is 1. The quantitative estimate of drug-likeness (QED) is 0.658. The Hall–Kier alpha value is -0.590. The first-order valence-corrected chi connectivity index (χ1v) is 6.95. The molecule has 0 aromatic heterocycles. The molecule has 1 heteroatoms. The Morgan fingerprint density at radius 2 is 1.82 bits per heavy atom. The third-order valence-electron chi connectivity index (χ3n) is 5.81. The molecular weight excluding hydrogens is 208 g/mol. The van der Waals surface area contributed by atoms with Crippen molar-refractivity contribution in [3.05, 3.63) is 11.1 Å². The minimum atomic E-state index is 0.190. The lowest BCUT2D eigenvalue weighted by Crippen LogP contribution is -2.27. The van der Waals surface area contributed by atoms with Gasteiger partial charge in [0.05, 0.1) is 0 Å². The Bertz CT molecular complexity index is 384. The molecule has 0 heterocycles. The van der Waals surface area contributed by atoms with E-state index < -0.39 is 0 Å². The summed E-state index contributed by atoms with van der Waals surface area (Å²) >= 11 is 0. The third-order valence-corrected chi connectivity index (χ3v) is 5.81. The van der Waals surface area contributed by atoms with Crippen LogP contribution in [0.1, 0.15) is 60.8 Å². The van der Waals surface area contributed by atoms with E-state index in [2.05, 4.69) is 34.6 Å². The summed E-state index contributed by atoms with van der Waals surface area (Å²) in [4.78, 5) is 11.9. The van der Waals surface area contributed by atoms with Crippen LogP contribution in [0.15, 0.2) is 11.1 Å². The van der Waals surface area contributed by atoms with Gasteiger partial charge in [0.15, 0.2) is 5.78 Å². The summed E-state index contributed by atoms with van der Waals surface area (Å²) in [6, 6.07) is 0. The van der Waals surface area contributed by atoms with Gasteiger partial charge in [0.1, 0.15) is 0 Å². The molecular formula is C16H26O. The van der Waals surface area contributed by atoms with Crippen LogP contribution in [-0.4, -0.2) is 5.78 Å². The smallest absolute Gasteiger partial charge is 0.155 e. The molecule has 0 radical (unpaired) electrons. The second-order valence-electron chi connectivity index (χ2n) is 7.16. The van der Waals surface area contributed by atoms with Gasteiger partial charge in [-0.25, -0.2) is 0 Å². The van der Waals surface area contributed by atoms with Gasteiger partial charge in [-0.05, 0) is 54.4 Å². The van der Waals surface area contributed by atoms with Gasteiger partial charge in [0, 0.05) is 0 Å². The van der Waals surface area contributed by atoms with Crippen LogP contribution in [0.4, 0.5) is 0 Å². The molecule has 0 saturated heterocycles. The van der Waals surface area contributed by atoms with Crippen LogP contribution in [0.5, 0.6) is 0 Å². The van der Waals surface area contributed by atoms with Crippen molar-refractivity contribution >= 4 is 5.78 Å². The van der Waals surface area contributed by atoms with Crippen LogP contribution in [0.25, 0.3) is 0 Å². The van der Waals surface area contributed by atoms with E-state index in [4.69, 9.17) is 0 Å². The van der Waals surface area contributed by atoms with Gasteiger partial charge < -0.3 is 0 Å². The minimum Gasteiger partial charge on any atom is -0.295 e. The molecule has 0 aromatic carbocycles. The lowest BCUT2D eigenvalue weighted by Gasteiger charge is -2.34. The fraction of sp³-hybridized carbons (Fsp3) is 0.812. The number of carbonyl (C=O) groups is 1. The SMILES string of the molecule is CC(=O)C1=C2C(CCC1)C(C)(C)C(C)C2(C)C. The zero-order valence-corrected chi connectivity index (χ0v) is 12.2. The molecule has 2 aliphatic rings. The van der Waals surface area contributed by atoms with Gasteiger partial charge in [-0.3, -0.25) is 4.79 Å². The van der Waals surface area contributed by atoms with Crippen molar-refractivity contribution < 1.29 is 4.79 Å². The normalized spacial score (nSPS) is 34.7. The zero-order valence-electron chi connectivity index (χ0n) is 12.2. The highest BCUT2D eigenvalue weighted by Crippen LogP contribution is 2.63. The maximum Gasteiger partial charge on any atom is 0.155 e. The second-order valence-corrected chi connectivity index (χ2v) is 7.16. The van der Waals surface area contributed by atoms with Crippen molar-refractivity contribution in [2.24, 2.45) is 22.7 Å². The number of fused-ring (bicyclic) bond motifs is 1. The van der Waals surface area contributed by atoms with E-state index >= 15 is 0 Å². The van der Waals surface area contributed by atoms with Crippen LogP contribution in [0.2, 0.25) is 0 Å². The first-order chi connectivity index (χ1) is 7.70. The first kappa shape index (κ1) is 12.9. The highest BCUT2D eigenvalue weighted by Gasteiger charge is 2.55. The molecule has 0 amide bonds. The van der Waals surface area contributed by atoms with Crippen molar-refractivity contribution in [3.8, 4) is 0 Å². The number of carbonyl (C=O) groups excluding carboxylic acids is 1. The summed E-state index contributed by atoms with van der Waals surface area (Å²) in [5, 5.41) is 0. The Labute approximate surface area is 106 Å². The monoisotopic (exact) mass is 234 g/mol. The minimum absolute atomic E-state index is 0.190. The molecule has 0 bridgehead atoms. The maximum absolute atomic E-state index is 11.9. The number of Topliss-reactive ketones (excluding diaryl/α,β-unsaturated/α-hetero) is 1. The molecule has 1 saturated carbocycles. The number of hydrogen-bond donors (Lipinski definition) is 0. The molecule has 0 aliphatic heterocycles. The van der Waals surface area contributed by atoms with Gasteiger partial charge >= 0.3 is 0 Å². The van der Waals surface area contributed by atoms with Crippen LogP contribution in [0.3, 0.4) is 0 Å². The van der Waals surface area contributed by atoms with Crippen LogP contribution in [0, 0.1) is 22.7 Å². The Morgan fingerprint density at radius 1 is 1.24 bits per heavy atom. The van der Waals surface area contributed by atoms with Crippen LogP contribution in [-0.2, 0) is 4.79 Å². The lowest BCUT2D eigenvalue weighted by molar-refractivity contribution is -0.114. The topological polar surface area (TPSA) is 17.1 Å². The van der Waals surface area contributed by atoms with Crippen molar-refractivity contribution in [1.29, 1.82) is 0 Å². The highest BCUT2D eigenvalue weighted by atomic mass is 16.1. The summed E-state index contributed by atoms with van der Waals surface area (Å²) in [6.07, 6.45) is 3.47. The van der Waals surface area contributed by atoms with E-state index in [-0.39, 0.29) is 5.41 Å². The molecule has 0 spiro atoms. The fourth-order valence-corrected chi connectivity index (χ4v) is 4.38. The zero-order chi connectivity index (χ0) is 13.0. The van der Waals surface area contributed by atoms with E-state index in [1.807, 2.05) is 0 Å². The average molecular weight is 234 g/mol. The van der Waals surface area contributed by atoms with Gasteiger partial charge in [0.2, 0.25) is 0 Å². The van der Waals surface area contributed by atoms with E-state index in [9.17, 15) is 4.79 Å². The molecule has 1 fully saturated rings. The summed E-state index contributed by atoms with van der Waals surface area (Å²) in [7, 11) is 0. The molecule has 0 aromatic rings. The number of allylic oxidation sites excluding steroid dienone is 2. The lowest BCUT2D eigenvalue weighted by atomic mass is 9.71. The summed E-state index contributed by atoms with van der Waals surface area (Å²) in [6.45, 7) is 13.6. The predicted octanol–water partition coefficient (Wildman–Crippen LogP) is 4.37. The Kier molecular flexibility index (Phi) is 2.80. The molecule has 2 rings (SSSR count).